The zero-order chi connectivity index (χ0) is 19.2. The highest BCUT2D eigenvalue weighted by Gasteiger charge is 2.23. The fraction of sp³-hybridized carbons (Fsp3) is 0.350. The monoisotopic (exact) mass is 357 g/mol. The van der Waals surface area contributed by atoms with Crippen LogP contribution in [0.3, 0.4) is 0 Å². The molecule has 0 saturated carbocycles. The number of Topliss-reactive ketones (excluding diaryl/α,β-unsaturated/α-hetero) is 1. The Morgan fingerprint density at radius 3 is 2.50 bits per heavy atom. The van der Waals surface area contributed by atoms with Crippen LogP contribution in [0.25, 0.3) is 0 Å². The molecule has 1 amide bonds. The number of benzene rings is 1. The van der Waals surface area contributed by atoms with Crippen molar-refractivity contribution in [1.82, 2.24) is 5.32 Å². The molecule has 0 radical (unpaired) electrons. The van der Waals surface area contributed by atoms with Crippen molar-refractivity contribution in [2.45, 2.75) is 45.3 Å². The molecule has 1 aromatic carbocycles. The lowest BCUT2D eigenvalue weighted by molar-refractivity contribution is -0.115. The van der Waals surface area contributed by atoms with Crippen LogP contribution in [0.5, 0.6) is 0 Å². The Bertz CT molecular complexity index is 758. The molecule has 1 aromatic heterocycles. The number of alkyl carbamates (subject to hydrolysis) is 1. The second-order valence-corrected chi connectivity index (χ2v) is 7.06. The van der Waals surface area contributed by atoms with Gasteiger partial charge in [0.15, 0.2) is 18.2 Å². The molecule has 6 nitrogen and oxygen atoms in total. The van der Waals surface area contributed by atoms with Gasteiger partial charge >= 0.3 is 6.09 Å². The van der Waals surface area contributed by atoms with Crippen LogP contribution in [0.4, 0.5) is 4.79 Å². The van der Waals surface area contributed by atoms with Gasteiger partial charge in [-0.2, -0.15) is 0 Å². The van der Waals surface area contributed by atoms with Crippen LogP contribution in [0.2, 0.25) is 0 Å². The molecular formula is C20H23NO5. The Labute approximate surface area is 152 Å². The Kier molecular flexibility index (Phi) is 6.33. The van der Waals surface area contributed by atoms with Crippen LogP contribution in [0.15, 0.2) is 47.1 Å². The number of hydrogen-bond acceptors (Lipinski definition) is 5. The summed E-state index contributed by atoms with van der Waals surface area (Å²) in [6, 6.07) is 11.4. The van der Waals surface area contributed by atoms with Crippen molar-refractivity contribution in [1.29, 1.82) is 0 Å². The molecule has 1 heterocycles. The Morgan fingerprint density at radius 1 is 1.19 bits per heavy atom. The minimum atomic E-state index is -1.16. The van der Waals surface area contributed by atoms with Crippen LogP contribution < -0.4 is 5.32 Å². The number of hydrogen-bond donors (Lipinski definition) is 1. The molecule has 0 fully saturated rings. The summed E-state index contributed by atoms with van der Waals surface area (Å²) in [6.45, 7) is 5.35. The van der Waals surface area contributed by atoms with Crippen molar-refractivity contribution in [3.8, 4) is 0 Å². The minimum absolute atomic E-state index is 0.141. The van der Waals surface area contributed by atoms with E-state index in [-0.39, 0.29) is 12.2 Å². The lowest BCUT2D eigenvalue weighted by Crippen LogP contribution is -2.42. The summed E-state index contributed by atoms with van der Waals surface area (Å²) in [7, 11) is 0. The summed E-state index contributed by atoms with van der Waals surface area (Å²) in [4.78, 5) is 35.1. The van der Waals surface area contributed by atoms with Gasteiger partial charge in [-0.25, -0.2) is 4.79 Å². The first-order valence-electron chi connectivity index (χ1n) is 8.35. The maximum Gasteiger partial charge on any atom is 0.408 e. The quantitative estimate of drug-likeness (QED) is 0.605. The highest BCUT2D eigenvalue weighted by Crippen LogP contribution is 2.16. The largest absolute Gasteiger partial charge is 0.461 e. The highest BCUT2D eigenvalue weighted by atomic mass is 16.6. The average molecular weight is 357 g/mol. The topological polar surface area (TPSA) is 85.6 Å². The van der Waals surface area contributed by atoms with Crippen LogP contribution >= 0.6 is 0 Å². The molecule has 138 valence electrons. The number of nitrogens with one attached hydrogen (secondary N) is 1. The zero-order valence-corrected chi connectivity index (χ0v) is 15.2. The highest BCUT2D eigenvalue weighted by molar-refractivity contribution is 5.95. The van der Waals surface area contributed by atoms with Gasteiger partial charge in [0.25, 0.3) is 0 Å². The van der Waals surface area contributed by atoms with E-state index in [4.69, 9.17) is 9.15 Å². The second-order valence-electron chi connectivity index (χ2n) is 7.06. The van der Waals surface area contributed by atoms with Crippen LogP contribution in [-0.4, -0.2) is 29.8 Å². The Morgan fingerprint density at radius 2 is 1.88 bits per heavy atom. The molecule has 0 aliphatic carbocycles. The van der Waals surface area contributed by atoms with E-state index in [2.05, 4.69) is 5.32 Å². The number of rotatable bonds is 7. The normalized spacial score (nSPS) is 12.3. The maximum absolute atomic E-state index is 12.3. The average Bonchev–Trinajstić information content (AvgIpc) is 3.02. The standard InChI is InChI=1S/C20H23NO5/c1-20(2,3)21-19(24)26-16(12-22)11-17(23)18-10-15(13-25-18)9-14-7-5-4-6-8-14/h4-8,10,12-13,16H,9,11H2,1-3H3,(H,21,24). The van der Waals surface area contributed by atoms with E-state index in [0.717, 1.165) is 11.1 Å². The Balaban J connectivity index is 1.93. The van der Waals surface area contributed by atoms with Crippen molar-refractivity contribution in [2.24, 2.45) is 0 Å². The molecule has 0 saturated heterocycles. The summed E-state index contributed by atoms with van der Waals surface area (Å²) in [5.41, 5.74) is 1.45. The molecule has 0 spiro atoms. The van der Waals surface area contributed by atoms with E-state index >= 15 is 0 Å². The number of furan rings is 1. The molecule has 0 bridgehead atoms. The predicted molar refractivity (Wildman–Crippen MR) is 96.1 cm³/mol. The predicted octanol–water partition coefficient (Wildman–Crippen LogP) is 3.54. The molecule has 2 aromatic rings. The van der Waals surface area contributed by atoms with E-state index in [1.165, 1.54) is 6.26 Å². The number of amides is 1. The van der Waals surface area contributed by atoms with Gasteiger partial charge < -0.3 is 14.5 Å². The molecule has 26 heavy (non-hydrogen) atoms. The van der Waals surface area contributed by atoms with Crippen LogP contribution in [-0.2, 0) is 16.0 Å². The summed E-state index contributed by atoms with van der Waals surface area (Å²) >= 11 is 0. The molecule has 0 aliphatic rings. The molecule has 1 unspecified atom stereocenters. The van der Waals surface area contributed by atoms with Gasteiger partial charge in [-0.05, 0) is 38.0 Å². The third kappa shape index (κ3) is 6.20. The van der Waals surface area contributed by atoms with Gasteiger partial charge in [0.1, 0.15) is 0 Å². The Hall–Kier alpha value is -2.89. The van der Waals surface area contributed by atoms with Gasteiger partial charge in [0.05, 0.1) is 12.7 Å². The van der Waals surface area contributed by atoms with E-state index in [1.807, 2.05) is 30.3 Å². The number of ketones is 1. The second kappa shape index (κ2) is 8.47. The number of ether oxygens (including phenoxy) is 1. The summed E-state index contributed by atoms with van der Waals surface area (Å²) in [5, 5.41) is 2.57. The smallest absolute Gasteiger partial charge is 0.408 e. The van der Waals surface area contributed by atoms with Crippen molar-refractivity contribution >= 4 is 18.2 Å². The third-order valence-electron chi connectivity index (χ3n) is 3.45. The van der Waals surface area contributed by atoms with Crippen molar-refractivity contribution in [3.63, 3.8) is 0 Å². The summed E-state index contributed by atoms with van der Waals surface area (Å²) in [5.74, 6) is -0.257. The SMILES string of the molecule is CC(C)(C)NC(=O)OC(C=O)CC(=O)c1cc(Cc2ccccc2)co1. The fourth-order valence-corrected chi connectivity index (χ4v) is 2.32. The molecule has 0 aliphatic heterocycles. The first-order chi connectivity index (χ1) is 12.3. The summed E-state index contributed by atoms with van der Waals surface area (Å²) < 4.78 is 10.3. The van der Waals surface area contributed by atoms with Gasteiger partial charge in [-0.3, -0.25) is 9.59 Å². The molecule has 1 N–H and O–H groups in total. The molecule has 2 rings (SSSR count). The van der Waals surface area contributed by atoms with E-state index in [0.29, 0.717) is 12.7 Å². The van der Waals surface area contributed by atoms with Gasteiger partial charge in [-0.1, -0.05) is 30.3 Å². The molecule has 6 heteroatoms. The van der Waals surface area contributed by atoms with Crippen molar-refractivity contribution in [3.05, 3.63) is 59.5 Å². The van der Waals surface area contributed by atoms with Gasteiger partial charge in [0, 0.05) is 12.0 Å². The first-order valence-corrected chi connectivity index (χ1v) is 8.35. The minimum Gasteiger partial charge on any atom is -0.461 e. The van der Waals surface area contributed by atoms with Crippen molar-refractivity contribution < 1.29 is 23.5 Å². The zero-order valence-electron chi connectivity index (χ0n) is 15.2. The number of carbonyl (C=O) groups is 3. The molecular weight excluding hydrogens is 334 g/mol. The fourth-order valence-electron chi connectivity index (χ4n) is 2.32. The van der Waals surface area contributed by atoms with Gasteiger partial charge in [0.2, 0.25) is 5.78 Å². The van der Waals surface area contributed by atoms with E-state index in [9.17, 15) is 14.4 Å². The van der Waals surface area contributed by atoms with E-state index < -0.39 is 23.5 Å². The van der Waals surface area contributed by atoms with Crippen LogP contribution in [0.1, 0.15) is 48.9 Å². The first kappa shape index (κ1) is 19.4. The van der Waals surface area contributed by atoms with Crippen LogP contribution in [0, 0.1) is 0 Å². The van der Waals surface area contributed by atoms with E-state index in [1.54, 1.807) is 26.8 Å². The lowest BCUT2D eigenvalue weighted by atomic mass is 10.1. The lowest BCUT2D eigenvalue weighted by Gasteiger charge is -2.21. The summed E-state index contributed by atoms with van der Waals surface area (Å²) in [6.07, 6.45) is 0.426. The number of carbonyl (C=O) groups excluding carboxylic acids is 3. The van der Waals surface area contributed by atoms with Crippen molar-refractivity contribution in [2.75, 3.05) is 0 Å². The number of aldehydes is 1. The maximum atomic E-state index is 12.3. The third-order valence-corrected chi connectivity index (χ3v) is 3.45. The molecule has 1 atom stereocenters. The van der Waals surface area contributed by atoms with Gasteiger partial charge in [-0.15, -0.1) is 0 Å².